The first kappa shape index (κ1) is 25.8. The van der Waals surface area contributed by atoms with Crippen LogP contribution in [0.1, 0.15) is 48.5 Å². The fourth-order valence-electron chi connectivity index (χ4n) is 3.84. The lowest BCUT2D eigenvalue weighted by Gasteiger charge is -2.23. The Bertz CT molecular complexity index is 925. The van der Waals surface area contributed by atoms with Gasteiger partial charge in [-0.25, -0.2) is 0 Å². The minimum atomic E-state index is -0.0375. The summed E-state index contributed by atoms with van der Waals surface area (Å²) in [7, 11) is 3.33. The first-order valence-electron chi connectivity index (χ1n) is 11.9. The van der Waals surface area contributed by atoms with Crippen LogP contribution in [-0.2, 0) is 22.7 Å². The second-order valence-electron chi connectivity index (χ2n) is 8.28. The second-order valence-corrected chi connectivity index (χ2v) is 8.28. The predicted molar refractivity (Wildman–Crippen MR) is 134 cm³/mol. The molecule has 0 heterocycles. The van der Waals surface area contributed by atoms with Crippen molar-refractivity contribution in [2.45, 2.75) is 51.1 Å². The van der Waals surface area contributed by atoms with Crippen molar-refractivity contribution in [2.24, 2.45) is 0 Å². The topological polar surface area (TPSA) is 57.2 Å². The van der Waals surface area contributed by atoms with Crippen LogP contribution in [0.2, 0.25) is 0 Å². The normalized spacial score (nSPS) is 12.8. The van der Waals surface area contributed by atoms with Gasteiger partial charge < -0.3 is 24.1 Å². The molecule has 2 atom stereocenters. The van der Waals surface area contributed by atoms with Gasteiger partial charge in [0.2, 0.25) is 0 Å². The third-order valence-electron chi connectivity index (χ3n) is 5.86. The zero-order chi connectivity index (χ0) is 24.0. The molecule has 0 aliphatic heterocycles. The van der Waals surface area contributed by atoms with Crippen LogP contribution in [-0.4, -0.2) is 32.0 Å². The molecule has 1 N–H and O–H groups in total. The Morgan fingerprint density at radius 1 is 0.647 bits per heavy atom. The van der Waals surface area contributed by atoms with E-state index in [1.165, 1.54) is 0 Å². The third-order valence-corrected chi connectivity index (χ3v) is 5.86. The van der Waals surface area contributed by atoms with E-state index in [0.29, 0.717) is 13.2 Å². The van der Waals surface area contributed by atoms with E-state index in [1.807, 2.05) is 66.7 Å². The summed E-state index contributed by atoms with van der Waals surface area (Å²) < 4.78 is 23.1. The van der Waals surface area contributed by atoms with E-state index in [9.17, 15) is 5.11 Å². The van der Waals surface area contributed by atoms with Gasteiger partial charge in [-0.2, -0.15) is 0 Å². The Kier molecular flexibility index (Phi) is 10.9. The molecule has 3 aromatic rings. The zero-order valence-electron chi connectivity index (χ0n) is 20.2. The Labute approximate surface area is 203 Å². The maximum Gasteiger partial charge on any atom is 0.118 e. The number of aliphatic hydroxyl groups excluding tert-OH is 1. The smallest absolute Gasteiger partial charge is 0.118 e. The van der Waals surface area contributed by atoms with Gasteiger partial charge in [0.25, 0.3) is 0 Å². The number of ether oxygens (including phenoxy) is 4. The molecule has 0 saturated heterocycles. The first-order chi connectivity index (χ1) is 16.7. The standard InChI is InChI=1S/C29H36O5/c1-31-26-14-10-23(11-15-26)21-33-28(9-6-20-30)18-19-29(25-7-4-3-5-8-25)34-22-24-12-16-27(32-2)17-13-24/h3-5,7-8,10-17,28-30H,6,9,18-22H2,1-2H3/t28-,29+/m1/s1. The Morgan fingerprint density at radius 2 is 1.21 bits per heavy atom. The molecule has 0 aromatic heterocycles. The molecule has 0 spiro atoms. The van der Waals surface area contributed by atoms with Crippen LogP contribution in [0.25, 0.3) is 0 Å². The molecule has 182 valence electrons. The largest absolute Gasteiger partial charge is 0.497 e. The average Bonchev–Trinajstić information content (AvgIpc) is 2.90. The summed E-state index contributed by atoms with van der Waals surface area (Å²) in [6.07, 6.45) is 3.22. The summed E-state index contributed by atoms with van der Waals surface area (Å²) in [5, 5.41) is 9.36. The Morgan fingerprint density at radius 3 is 1.74 bits per heavy atom. The van der Waals surface area contributed by atoms with Gasteiger partial charge >= 0.3 is 0 Å². The van der Waals surface area contributed by atoms with Crippen LogP contribution in [0.3, 0.4) is 0 Å². The first-order valence-corrected chi connectivity index (χ1v) is 11.9. The molecule has 5 heteroatoms. The highest BCUT2D eigenvalue weighted by Gasteiger charge is 2.17. The van der Waals surface area contributed by atoms with Crippen molar-refractivity contribution in [1.29, 1.82) is 0 Å². The molecule has 0 fully saturated rings. The van der Waals surface area contributed by atoms with Crippen molar-refractivity contribution in [2.75, 3.05) is 20.8 Å². The van der Waals surface area contributed by atoms with E-state index in [2.05, 4.69) is 12.1 Å². The fraction of sp³-hybridized carbons (Fsp3) is 0.379. The maximum atomic E-state index is 9.36. The van der Waals surface area contributed by atoms with Crippen molar-refractivity contribution in [3.05, 3.63) is 95.6 Å². The van der Waals surface area contributed by atoms with Gasteiger partial charge in [0.15, 0.2) is 0 Å². The Hall–Kier alpha value is -2.86. The summed E-state index contributed by atoms with van der Waals surface area (Å²) in [6, 6.07) is 26.2. The summed E-state index contributed by atoms with van der Waals surface area (Å²) in [5.41, 5.74) is 3.37. The van der Waals surface area contributed by atoms with Crippen molar-refractivity contribution < 1.29 is 24.1 Å². The van der Waals surface area contributed by atoms with Gasteiger partial charge in [-0.1, -0.05) is 54.6 Å². The van der Waals surface area contributed by atoms with Crippen molar-refractivity contribution >= 4 is 0 Å². The van der Waals surface area contributed by atoms with E-state index in [-0.39, 0.29) is 18.8 Å². The number of aliphatic hydroxyl groups is 1. The van der Waals surface area contributed by atoms with Gasteiger partial charge in [0.05, 0.1) is 39.6 Å². The average molecular weight is 465 g/mol. The molecule has 0 amide bonds. The molecular formula is C29H36O5. The summed E-state index contributed by atoms with van der Waals surface area (Å²) in [5.74, 6) is 1.67. The molecule has 3 rings (SSSR count). The van der Waals surface area contributed by atoms with Crippen LogP contribution in [0.15, 0.2) is 78.9 Å². The van der Waals surface area contributed by atoms with Crippen LogP contribution < -0.4 is 9.47 Å². The quantitative estimate of drug-likeness (QED) is 0.295. The van der Waals surface area contributed by atoms with Crippen LogP contribution in [0.5, 0.6) is 11.5 Å². The molecule has 0 aliphatic rings. The highest BCUT2D eigenvalue weighted by Crippen LogP contribution is 2.27. The van der Waals surface area contributed by atoms with E-state index >= 15 is 0 Å². The molecule has 34 heavy (non-hydrogen) atoms. The van der Waals surface area contributed by atoms with E-state index < -0.39 is 0 Å². The van der Waals surface area contributed by atoms with E-state index in [1.54, 1.807) is 14.2 Å². The van der Waals surface area contributed by atoms with Gasteiger partial charge in [0.1, 0.15) is 11.5 Å². The Balaban J connectivity index is 1.60. The fourth-order valence-corrected chi connectivity index (χ4v) is 3.84. The van der Waals surface area contributed by atoms with Crippen molar-refractivity contribution in [1.82, 2.24) is 0 Å². The van der Waals surface area contributed by atoms with Crippen LogP contribution in [0, 0.1) is 0 Å². The monoisotopic (exact) mass is 464 g/mol. The number of hydrogen-bond acceptors (Lipinski definition) is 5. The summed E-state index contributed by atoms with van der Waals surface area (Å²) in [4.78, 5) is 0. The van der Waals surface area contributed by atoms with Gasteiger partial charge in [-0.15, -0.1) is 0 Å². The lowest BCUT2D eigenvalue weighted by Crippen LogP contribution is -2.16. The van der Waals surface area contributed by atoms with E-state index in [0.717, 1.165) is 53.9 Å². The lowest BCUT2D eigenvalue weighted by molar-refractivity contribution is -0.00580. The number of methoxy groups -OCH3 is 2. The second kappa shape index (κ2) is 14.4. The molecule has 3 aromatic carbocycles. The lowest BCUT2D eigenvalue weighted by atomic mass is 10.0. The number of rotatable bonds is 15. The highest BCUT2D eigenvalue weighted by atomic mass is 16.5. The zero-order valence-corrected chi connectivity index (χ0v) is 20.2. The molecule has 0 aliphatic carbocycles. The molecule has 0 saturated carbocycles. The minimum absolute atomic E-state index is 0.0375. The maximum absolute atomic E-state index is 9.36. The highest BCUT2D eigenvalue weighted by molar-refractivity contribution is 5.27. The molecular weight excluding hydrogens is 428 g/mol. The molecule has 0 unspecified atom stereocenters. The molecule has 5 nitrogen and oxygen atoms in total. The van der Waals surface area contributed by atoms with Crippen molar-refractivity contribution in [3.63, 3.8) is 0 Å². The van der Waals surface area contributed by atoms with Gasteiger partial charge in [0, 0.05) is 6.61 Å². The molecule has 0 radical (unpaired) electrons. The van der Waals surface area contributed by atoms with Crippen LogP contribution >= 0.6 is 0 Å². The summed E-state index contributed by atoms with van der Waals surface area (Å²) in [6.45, 7) is 1.22. The number of benzene rings is 3. The van der Waals surface area contributed by atoms with Crippen LogP contribution in [0.4, 0.5) is 0 Å². The van der Waals surface area contributed by atoms with Crippen molar-refractivity contribution in [3.8, 4) is 11.5 Å². The van der Waals surface area contributed by atoms with E-state index in [4.69, 9.17) is 18.9 Å². The minimum Gasteiger partial charge on any atom is -0.497 e. The number of hydrogen-bond donors (Lipinski definition) is 1. The summed E-state index contributed by atoms with van der Waals surface area (Å²) >= 11 is 0. The third kappa shape index (κ3) is 8.49. The molecule has 0 bridgehead atoms. The van der Waals surface area contributed by atoms with Gasteiger partial charge in [-0.3, -0.25) is 0 Å². The SMILES string of the molecule is COc1ccc(CO[C@H](CCCO)CC[C@H](OCc2ccc(OC)cc2)c2ccccc2)cc1. The predicted octanol–water partition coefficient (Wildman–Crippen LogP) is 6.10. The van der Waals surface area contributed by atoms with Gasteiger partial charge in [-0.05, 0) is 66.6 Å².